The van der Waals surface area contributed by atoms with Gasteiger partial charge in [-0.1, -0.05) is 0 Å². The third-order valence-electron chi connectivity index (χ3n) is 3.13. The minimum Gasteiger partial charge on any atom is -0.336 e. The number of aryl methyl sites for hydroxylation is 1. The Labute approximate surface area is 123 Å². The number of carbonyl (C=O) groups is 3. The standard InChI is InChI=1S/C12H13F3N4O3/c13-12(14,15)11(22)17-8-7-9(20)19(10(8)21)6-2-5-18-4-1-3-16-18/h1,3-4,8H,2,5-7H2,(H,17,22)/t8-/m0/s1. The molecule has 0 aromatic carbocycles. The van der Waals surface area contributed by atoms with E-state index in [0.717, 1.165) is 4.90 Å². The summed E-state index contributed by atoms with van der Waals surface area (Å²) in [6.07, 6.45) is -1.84. The fourth-order valence-corrected chi connectivity index (χ4v) is 2.09. The summed E-state index contributed by atoms with van der Waals surface area (Å²) in [5, 5.41) is 5.49. The zero-order valence-electron chi connectivity index (χ0n) is 11.3. The summed E-state index contributed by atoms with van der Waals surface area (Å²) in [6.45, 7) is 0.527. The lowest BCUT2D eigenvalue weighted by molar-refractivity contribution is -0.174. The second kappa shape index (κ2) is 6.16. The van der Waals surface area contributed by atoms with Crippen LogP contribution in [0.2, 0.25) is 0 Å². The van der Waals surface area contributed by atoms with Crippen molar-refractivity contribution in [3.05, 3.63) is 18.5 Å². The third-order valence-corrected chi connectivity index (χ3v) is 3.13. The molecule has 1 fully saturated rings. The molecule has 10 heteroatoms. The molecule has 0 bridgehead atoms. The summed E-state index contributed by atoms with van der Waals surface area (Å²) < 4.78 is 38.1. The number of halogens is 3. The molecule has 1 atom stereocenters. The molecule has 1 N–H and O–H groups in total. The molecule has 1 saturated heterocycles. The molecule has 0 unspecified atom stereocenters. The van der Waals surface area contributed by atoms with Gasteiger partial charge in [0.05, 0.1) is 6.42 Å². The van der Waals surface area contributed by atoms with Crippen molar-refractivity contribution in [1.29, 1.82) is 0 Å². The maximum Gasteiger partial charge on any atom is 0.471 e. The number of hydrogen-bond acceptors (Lipinski definition) is 4. The second-order valence-corrected chi connectivity index (χ2v) is 4.73. The number of rotatable bonds is 5. The van der Waals surface area contributed by atoms with E-state index >= 15 is 0 Å². The van der Waals surface area contributed by atoms with Crippen LogP contribution in [0.1, 0.15) is 12.8 Å². The van der Waals surface area contributed by atoms with Crippen LogP contribution in [-0.2, 0) is 20.9 Å². The largest absolute Gasteiger partial charge is 0.471 e. The van der Waals surface area contributed by atoms with Crippen molar-refractivity contribution in [1.82, 2.24) is 20.0 Å². The normalized spacial score (nSPS) is 18.9. The van der Waals surface area contributed by atoms with E-state index in [2.05, 4.69) is 5.10 Å². The van der Waals surface area contributed by atoms with Crippen LogP contribution in [-0.4, -0.2) is 51.2 Å². The number of amides is 3. The number of alkyl halides is 3. The van der Waals surface area contributed by atoms with Gasteiger partial charge in [0, 0.05) is 25.5 Å². The molecule has 22 heavy (non-hydrogen) atoms. The van der Waals surface area contributed by atoms with Crippen molar-refractivity contribution in [3.63, 3.8) is 0 Å². The van der Waals surface area contributed by atoms with Gasteiger partial charge in [0.2, 0.25) is 5.91 Å². The summed E-state index contributed by atoms with van der Waals surface area (Å²) in [4.78, 5) is 35.2. The predicted molar refractivity (Wildman–Crippen MR) is 66.2 cm³/mol. The lowest BCUT2D eigenvalue weighted by Crippen LogP contribution is -2.47. The van der Waals surface area contributed by atoms with E-state index in [4.69, 9.17) is 0 Å². The van der Waals surface area contributed by atoms with Crippen LogP contribution in [0.15, 0.2) is 18.5 Å². The van der Waals surface area contributed by atoms with Crippen LogP contribution in [0, 0.1) is 0 Å². The first-order valence-electron chi connectivity index (χ1n) is 6.48. The number of carbonyl (C=O) groups excluding carboxylic acids is 3. The quantitative estimate of drug-likeness (QED) is 0.779. The molecule has 0 saturated carbocycles. The Balaban J connectivity index is 1.87. The molecule has 0 aliphatic carbocycles. The molecular weight excluding hydrogens is 305 g/mol. The van der Waals surface area contributed by atoms with Gasteiger partial charge < -0.3 is 5.32 Å². The lowest BCUT2D eigenvalue weighted by atomic mass is 10.2. The molecule has 2 rings (SSSR count). The zero-order chi connectivity index (χ0) is 16.3. The Hall–Kier alpha value is -2.39. The van der Waals surface area contributed by atoms with Gasteiger partial charge in [-0.15, -0.1) is 0 Å². The number of nitrogens with zero attached hydrogens (tertiary/aromatic N) is 3. The van der Waals surface area contributed by atoms with Gasteiger partial charge in [-0.05, 0) is 12.5 Å². The molecule has 2 heterocycles. The van der Waals surface area contributed by atoms with Crippen LogP contribution >= 0.6 is 0 Å². The SMILES string of the molecule is O=C1C[C@H](NC(=O)C(F)(F)F)C(=O)N1CCCn1cccn1. The Morgan fingerprint density at radius 2 is 2.09 bits per heavy atom. The van der Waals surface area contributed by atoms with Crippen molar-refractivity contribution in [3.8, 4) is 0 Å². The van der Waals surface area contributed by atoms with Gasteiger partial charge in [0.25, 0.3) is 5.91 Å². The van der Waals surface area contributed by atoms with Crippen LogP contribution in [0.5, 0.6) is 0 Å². The number of nitrogens with one attached hydrogen (secondary N) is 1. The van der Waals surface area contributed by atoms with E-state index in [1.807, 2.05) is 0 Å². The third kappa shape index (κ3) is 3.62. The number of hydrogen-bond donors (Lipinski definition) is 1. The van der Waals surface area contributed by atoms with E-state index in [9.17, 15) is 27.6 Å². The van der Waals surface area contributed by atoms with Gasteiger partial charge in [0.15, 0.2) is 0 Å². The van der Waals surface area contributed by atoms with E-state index in [1.165, 1.54) is 5.32 Å². The van der Waals surface area contributed by atoms with Gasteiger partial charge in [-0.25, -0.2) is 0 Å². The number of imide groups is 1. The molecule has 120 valence electrons. The number of likely N-dealkylation sites (tertiary alicyclic amines) is 1. The first-order valence-corrected chi connectivity index (χ1v) is 6.48. The monoisotopic (exact) mass is 318 g/mol. The van der Waals surface area contributed by atoms with Gasteiger partial charge in [-0.2, -0.15) is 18.3 Å². The highest BCUT2D eigenvalue weighted by molar-refractivity contribution is 6.07. The Kier molecular flexibility index (Phi) is 4.48. The molecule has 1 aromatic rings. The van der Waals surface area contributed by atoms with Crippen LogP contribution < -0.4 is 5.32 Å². The highest BCUT2D eigenvalue weighted by Crippen LogP contribution is 2.18. The summed E-state index contributed by atoms with van der Waals surface area (Å²) in [5.74, 6) is -3.64. The van der Waals surface area contributed by atoms with E-state index in [0.29, 0.717) is 13.0 Å². The summed E-state index contributed by atoms with van der Waals surface area (Å²) in [6, 6.07) is 0.265. The summed E-state index contributed by atoms with van der Waals surface area (Å²) >= 11 is 0. The molecule has 1 aromatic heterocycles. The highest BCUT2D eigenvalue weighted by atomic mass is 19.4. The topological polar surface area (TPSA) is 84.3 Å². The Morgan fingerprint density at radius 1 is 1.36 bits per heavy atom. The average Bonchev–Trinajstić information content (AvgIpc) is 3.01. The van der Waals surface area contributed by atoms with Gasteiger partial charge in [0.1, 0.15) is 6.04 Å². The van der Waals surface area contributed by atoms with Gasteiger partial charge >= 0.3 is 12.1 Å². The molecule has 0 spiro atoms. The fourth-order valence-electron chi connectivity index (χ4n) is 2.09. The molecule has 0 radical (unpaired) electrons. The lowest BCUT2D eigenvalue weighted by Gasteiger charge is -2.16. The van der Waals surface area contributed by atoms with Crippen molar-refractivity contribution >= 4 is 17.7 Å². The van der Waals surface area contributed by atoms with Crippen molar-refractivity contribution in [2.75, 3.05) is 6.54 Å². The first-order chi connectivity index (χ1) is 10.3. The van der Waals surface area contributed by atoms with Crippen molar-refractivity contribution in [2.45, 2.75) is 31.6 Å². The van der Waals surface area contributed by atoms with Crippen LogP contribution in [0.25, 0.3) is 0 Å². The smallest absolute Gasteiger partial charge is 0.336 e. The van der Waals surface area contributed by atoms with E-state index in [1.54, 1.807) is 23.1 Å². The average molecular weight is 318 g/mol. The van der Waals surface area contributed by atoms with Crippen molar-refractivity contribution in [2.24, 2.45) is 0 Å². The Morgan fingerprint density at radius 3 is 2.68 bits per heavy atom. The summed E-state index contributed by atoms with van der Waals surface area (Å²) in [7, 11) is 0. The fraction of sp³-hybridized carbons (Fsp3) is 0.500. The van der Waals surface area contributed by atoms with Gasteiger partial charge in [-0.3, -0.25) is 24.0 Å². The molecular formula is C12H13F3N4O3. The highest BCUT2D eigenvalue weighted by Gasteiger charge is 2.45. The molecule has 1 aliphatic rings. The van der Waals surface area contributed by atoms with E-state index < -0.39 is 36.4 Å². The molecule has 1 aliphatic heterocycles. The molecule has 7 nitrogen and oxygen atoms in total. The zero-order valence-corrected chi connectivity index (χ0v) is 11.3. The maximum absolute atomic E-state index is 12.2. The second-order valence-electron chi connectivity index (χ2n) is 4.73. The van der Waals surface area contributed by atoms with E-state index in [-0.39, 0.29) is 6.54 Å². The first kappa shape index (κ1) is 16.0. The minimum atomic E-state index is -5.09. The van der Waals surface area contributed by atoms with Crippen LogP contribution in [0.4, 0.5) is 13.2 Å². The number of aromatic nitrogens is 2. The molecule has 3 amide bonds. The predicted octanol–water partition coefficient (Wildman–Crippen LogP) is 0.0792. The van der Waals surface area contributed by atoms with Crippen LogP contribution in [0.3, 0.4) is 0 Å². The van der Waals surface area contributed by atoms with Crippen molar-refractivity contribution < 1.29 is 27.6 Å². The minimum absolute atomic E-state index is 0.0654. The maximum atomic E-state index is 12.2. The Bertz CT molecular complexity index is 571. The summed E-state index contributed by atoms with van der Waals surface area (Å²) in [5.41, 5.74) is 0.